The maximum atomic E-state index is 13.6. The van der Waals surface area contributed by atoms with Gasteiger partial charge in [0, 0.05) is 6.54 Å². The largest absolute Gasteiger partial charge is 0.332 e. The zero-order valence-corrected chi connectivity index (χ0v) is 14.6. The van der Waals surface area contributed by atoms with Gasteiger partial charge in [-0.15, -0.1) is 0 Å². The van der Waals surface area contributed by atoms with Gasteiger partial charge in [0.25, 0.3) is 0 Å². The molecule has 7 heteroatoms. The first kappa shape index (κ1) is 19.5. The van der Waals surface area contributed by atoms with Gasteiger partial charge in [-0.1, -0.05) is 35.9 Å². The van der Waals surface area contributed by atoms with E-state index in [0.29, 0.717) is 5.56 Å². The number of carbonyl (C=O) groups is 2. The van der Waals surface area contributed by atoms with Gasteiger partial charge >= 0.3 is 0 Å². The van der Waals surface area contributed by atoms with Gasteiger partial charge in [0.2, 0.25) is 11.8 Å². The molecule has 0 aliphatic rings. The molecule has 2 amide bonds. The van der Waals surface area contributed by atoms with Crippen molar-refractivity contribution in [3.63, 3.8) is 0 Å². The second-order valence-corrected chi connectivity index (χ2v) is 5.89. The summed E-state index contributed by atoms with van der Waals surface area (Å²) in [6, 6.07) is 9.53. The summed E-state index contributed by atoms with van der Waals surface area (Å²) in [5.74, 6) is -2.92. The molecule has 0 aliphatic carbocycles. The van der Waals surface area contributed by atoms with E-state index in [0.717, 1.165) is 17.7 Å². The quantitative estimate of drug-likeness (QED) is 0.831. The molecule has 0 saturated heterocycles. The third-order valence-electron chi connectivity index (χ3n) is 3.96. The second kappa shape index (κ2) is 8.53. The average molecular weight is 361 g/mol. The van der Waals surface area contributed by atoms with Crippen LogP contribution in [0.1, 0.15) is 24.1 Å². The molecule has 0 saturated carbocycles. The maximum absolute atomic E-state index is 13.6. The van der Waals surface area contributed by atoms with E-state index < -0.39 is 35.2 Å². The number of hydrogen-bond donors (Lipinski definition) is 2. The number of nitrogens with one attached hydrogen (secondary N) is 1. The van der Waals surface area contributed by atoms with Gasteiger partial charge in [0.15, 0.2) is 0 Å². The standard InChI is InChI=1S/C19H21F2N3O2/c1-3-24(19(26)17(22)13-9-7-12(2)8-10-13)11-16(25)23-18-14(20)5-4-6-15(18)21/h4-10,17H,3,11,22H2,1-2H3,(H,23,25). The summed E-state index contributed by atoms with van der Waals surface area (Å²) < 4.78 is 27.2. The molecule has 2 aromatic carbocycles. The lowest BCUT2D eigenvalue weighted by Gasteiger charge is -2.24. The molecule has 0 heterocycles. The zero-order valence-electron chi connectivity index (χ0n) is 14.6. The van der Waals surface area contributed by atoms with Crippen LogP contribution in [-0.2, 0) is 9.59 Å². The van der Waals surface area contributed by atoms with Crippen molar-refractivity contribution >= 4 is 17.5 Å². The van der Waals surface area contributed by atoms with Crippen LogP contribution >= 0.6 is 0 Å². The van der Waals surface area contributed by atoms with Gasteiger partial charge in [-0.2, -0.15) is 0 Å². The summed E-state index contributed by atoms with van der Waals surface area (Å²) >= 11 is 0. The predicted octanol–water partition coefficient (Wildman–Crippen LogP) is 2.76. The lowest BCUT2D eigenvalue weighted by molar-refractivity contribution is -0.135. The highest BCUT2D eigenvalue weighted by atomic mass is 19.1. The van der Waals surface area contributed by atoms with Crippen LogP contribution in [0.15, 0.2) is 42.5 Å². The van der Waals surface area contributed by atoms with Crippen LogP contribution < -0.4 is 11.1 Å². The third kappa shape index (κ3) is 4.64. The third-order valence-corrected chi connectivity index (χ3v) is 3.96. The van der Waals surface area contributed by atoms with Crippen LogP contribution in [0.2, 0.25) is 0 Å². The van der Waals surface area contributed by atoms with E-state index in [4.69, 9.17) is 5.73 Å². The second-order valence-electron chi connectivity index (χ2n) is 5.89. The Labute approximate surface area is 150 Å². The van der Waals surface area contributed by atoms with E-state index in [2.05, 4.69) is 5.32 Å². The lowest BCUT2D eigenvalue weighted by Crippen LogP contribution is -2.42. The first-order chi connectivity index (χ1) is 12.3. The maximum Gasteiger partial charge on any atom is 0.244 e. The molecule has 138 valence electrons. The molecule has 1 unspecified atom stereocenters. The fraction of sp³-hybridized carbons (Fsp3) is 0.263. The highest BCUT2D eigenvalue weighted by Gasteiger charge is 2.24. The number of hydrogen-bond acceptors (Lipinski definition) is 3. The molecule has 0 bridgehead atoms. The smallest absolute Gasteiger partial charge is 0.244 e. The molecule has 2 aromatic rings. The molecule has 1 atom stereocenters. The molecular weight excluding hydrogens is 340 g/mol. The Morgan fingerprint density at radius 2 is 1.69 bits per heavy atom. The number of amides is 2. The van der Waals surface area contributed by atoms with E-state index in [-0.39, 0.29) is 13.1 Å². The average Bonchev–Trinajstić information content (AvgIpc) is 2.62. The minimum absolute atomic E-state index is 0.228. The number of nitrogens with zero attached hydrogens (tertiary/aromatic N) is 1. The molecule has 5 nitrogen and oxygen atoms in total. The fourth-order valence-electron chi connectivity index (χ4n) is 2.43. The van der Waals surface area contributed by atoms with Crippen molar-refractivity contribution in [2.45, 2.75) is 19.9 Å². The van der Waals surface area contributed by atoms with E-state index in [1.807, 2.05) is 19.1 Å². The van der Waals surface area contributed by atoms with Crippen LogP contribution in [-0.4, -0.2) is 29.8 Å². The number of rotatable bonds is 6. The van der Waals surface area contributed by atoms with Crippen molar-refractivity contribution in [2.75, 3.05) is 18.4 Å². The van der Waals surface area contributed by atoms with Gasteiger partial charge in [0.1, 0.15) is 23.4 Å². The van der Waals surface area contributed by atoms with Crippen LogP contribution in [0.3, 0.4) is 0 Å². The Morgan fingerprint density at radius 1 is 1.12 bits per heavy atom. The fourth-order valence-corrected chi connectivity index (χ4v) is 2.43. The van der Waals surface area contributed by atoms with Crippen LogP contribution in [0.5, 0.6) is 0 Å². The molecule has 26 heavy (non-hydrogen) atoms. The summed E-state index contributed by atoms with van der Waals surface area (Å²) in [7, 11) is 0. The van der Waals surface area contributed by atoms with Gasteiger partial charge < -0.3 is 16.0 Å². The van der Waals surface area contributed by atoms with Gasteiger partial charge in [0.05, 0.1) is 6.54 Å². The molecule has 2 rings (SSSR count). The number of carbonyl (C=O) groups excluding carboxylic acids is 2. The minimum Gasteiger partial charge on any atom is -0.332 e. The lowest BCUT2D eigenvalue weighted by atomic mass is 10.0. The van der Waals surface area contributed by atoms with Crippen molar-refractivity contribution in [3.8, 4) is 0 Å². The summed E-state index contributed by atoms with van der Waals surface area (Å²) in [5, 5.41) is 2.16. The number of aryl methyl sites for hydroxylation is 1. The van der Waals surface area contributed by atoms with E-state index in [1.165, 1.54) is 11.0 Å². The Bertz CT molecular complexity index is 774. The zero-order chi connectivity index (χ0) is 19.3. The topological polar surface area (TPSA) is 75.4 Å². The highest BCUT2D eigenvalue weighted by Crippen LogP contribution is 2.18. The number of likely N-dealkylation sites (N-methyl/N-ethyl adjacent to an activating group) is 1. The minimum atomic E-state index is -0.923. The van der Waals surface area contributed by atoms with Crippen molar-refractivity contribution in [2.24, 2.45) is 5.73 Å². The summed E-state index contributed by atoms with van der Waals surface area (Å²) in [6.07, 6.45) is 0. The Balaban J connectivity index is 2.06. The van der Waals surface area contributed by atoms with Crippen molar-refractivity contribution in [1.82, 2.24) is 4.90 Å². The molecule has 3 N–H and O–H groups in total. The molecule has 0 aliphatic heterocycles. The van der Waals surface area contributed by atoms with Crippen molar-refractivity contribution in [3.05, 3.63) is 65.2 Å². The normalized spacial score (nSPS) is 11.7. The predicted molar refractivity (Wildman–Crippen MR) is 95.3 cm³/mol. The Kier molecular flexibility index (Phi) is 6.41. The molecule has 0 aromatic heterocycles. The number of anilines is 1. The van der Waals surface area contributed by atoms with E-state index >= 15 is 0 Å². The summed E-state index contributed by atoms with van der Waals surface area (Å²) in [6.45, 7) is 3.48. The SMILES string of the molecule is CCN(CC(=O)Nc1c(F)cccc1F)C(=O)C(N)c1ccc(C)cc1. The molecule has 0 radical (unpaired) electrons. The van der Waals surface area contributed by atoms with Gasteiger partial charge in [-0.05, 0) is 31.5 Å². The summed E-state index contributed by atoms with van der Waals surface area (Å²) in [5.41, 5.74) is 7.12. The molecular formula is C19H21F2N3O2. The Hall–Kier alpha value is -2.80. The first-order valence-electron chi connectivity index (χ1n) is 8.18. The number of benzene rings is 2. The number of nitrogens with two attached hydrogens (primary N) is 1. The van der Waals surface area contributed by atoms with Gasteiger partial charge in [-0.3, -0.25) is 9.59 Å². The van der Waals surface area contributed by atoms with Crippen molar-refractivity contribution in [1.29, 1.82) is 0 Å². The Morgan fingerprint density at radius 3 is 2.23 bits per heavy atom. The van der Waals surface area contributed by atoms with Crippen LogP contribution in [0.4, 0.5) is 14.5 Å². The van der Waals surface area contributed by atoms with Crippen LogP contribution in [0.25, 0.3) is 0 Å². The van der Waals surface area contributed by atoms with E-state index in [1.54, 1.807) is 19.1 Å². The monoisotopic (exact) mass is 361 g/mol. The molecule has 0 fully saturated rings. The first-order valence-corrected chi connectivity index (χ1v) is 8.18. The summed E-state index contributed by atoms with van der Waals surface area (Å²) in [4.78, 5) is 25.9. The number of halogens is 2. The van der Waals surface area contributed by atoms with Crippen LogP contribution in [0, 0.1) is 18.6 Å². The van der Waals surface area contributed by atoms with E-state index in [9.17, 15) is 18.4 Å². The highest BCUT2D eigenvalue weighted by molar-refractivity contribution is 5.95. The number of para-hydroxylation sites is 1. The van der Waals surface area contributed by atoms with Crippen molar-refractivity contribution < 1.29 is 18.4 Å². The molecule has 0 spiro atoms. The van der Waals surface area contributed by atoms with Gasteiger partial charge in [-0.25, -0.2) is 8.78 Å².